The maximum absolute atomic E-state index is 4.44. The fourth-order valence-electron chi connectivity index (χ4n) is 3.98. The second-order valence-electron chi connectivity index (χ2n) is 6.44. The smallest absolute Gasteiger partial charge is 0.137 e. The Hall–Kier alpha value is -3.26. The molecule has 2 aliphatic rings. The van der Waals surface area contributed by atoms with Crippen LogP contribution in [0.5, 0.6) is 0 Å². The van der Waals surface area contributed by atoms with Crippen LogP contribution in [-0.4, -0.2) is 6.17 Å². The third-order valence-electron chi connectivity index (χ3n) is 5.10. The second-order valence-corrected chi connectivity index (χ2v) is 6.44. The van der Waals surface area contributed by atoms with Gasteiger partial charge >= 0.3 is 0 Å². The highest BCUT2D eigenvalue weighted by Gasteiger charge is 2.45. The average molecular weight is 322 g/mol. The Labute approximate surface area is 147 Å². The van der Waals surface area contributed by atoms with Gasteiger partial charge in [-0.2, -0.15) is 0 Å². The van der Waals surface area contributed by atoms with E-state index >= 15 is 0 Å². The molecule has 0 saturated heterocycles. The molecule has 3 aromatic rings. The van der Waals surface area contributed by atoms with E-state index in [1.54, 1.807) is 0 Å². The molecule has 0 saturated carbocycles. The van der Waals surface area contributed by atoms with Crippen LogP contribution < -0.4 is 9.80 Å². The van der Waals surface area contributed by atoms with E-state index in [-0.39, 0.29) is 6.17 Å². The van der Waals surface area contributed by atoms with Gasteiger partial charge in [0.1, 0.15) is 6.17 Å². The SMILES string of the molecule is C=Cc1ccc2c(c1)N1c3ccccc3N(c3ccccc3)C1C2=C. The minimum Gasteiger partial charge on any atom is -0.314 e. The molecule has 5 rings (SSSR count). The van der Waals surface area contributed by atoms with Crippen LogP contribution in [0.1, 0.15) is 11.1 Å². The molecule has 0 spiro atoms. The van der Waals surface area contributed by atoms with Gasteiger partial charge in [-0.25, -0.2) is 0 Å². The van der Waals surface area contributed by atoms with Gasteiger partial charge in [-0.1, -0.05) is 61.7 Å². The monoisotopic (exact) mass is 322 g/mol. The third-order valence-corrected chi connectivity index (χ3v) is 5.10. The Kier molecular flexibility index (Phi) is 2.89. The van der Waals surface area contributed by atoms with Crippen molar-refractivity contribution in [1.29, 1.82) is 0 Å². The van der Waals surface area contributed by atoms with Gasteiger partial charge < -0.3 is 9.80 Å². The first-order valence-corrected chi connectivity index (χ1v) is 8.48. The van der Waals surface area contributed by atoms with Crippen LogP contribution in [0.3, 0.4) is 0 Å². The molecule has 0 aromatic heterocycles. The fourth-order valence-corrected chi connectivity index (χ4v) is 3.98. The van der Waals surface area contributed by atoms with Crippen molar-refractivity contribution in [2.75, 3.05) is 9.80 Å². The van der Waals surface area contributed by atoms with Crippen molar-refractivity contribution in [3.63, 3.8) is 0 Å². The summed E-state index contributed by atoms with van der Waals surface area (Å²) in [6.45, 7) is 8.36. The van der Waals surface area contributed by atoms with Crippen LogP contribution in [0, 0.1) is 0 Å². The van der Waals surface area contributed by atoms with Gasteiger partial charge in [0.05, 0.1) is 17.1 Å². The largest absolute Gasteiger partial charge is 0.314 e. The summed E-state index contributed by atoms with van der Waals surface area (Å²) in [6, 6.07) is 25.6. The third kappa shape index (κ3) is 1.85. The van der Waals surface area contributed by atoms with Gasteiger partial charge in [0.25, 0.3) is 0 Å². The molecule has 3 aromatic carbocycles. The van der Waals surface area contributed by atoms with Crippen LogP contribution >= 0.6 is 0 Å². The Morgan fingerprint density at radius 3 is 2.16 bits per heavy atom. The number of anilines is 4. The Morgan fingerprint density at radius 2 is 1.44 bits per heavy atom. The number of rotatable bonds is 2. The molecule has 120 valence electrons. The normalized spacial score (nSPS) is 17.3. The molecule has 1 unspecified atom stereocenters. The first-order valence-electron chi connectivity index (χ1n) is 8.48. The zero-order valence-corrected chi connectivity index (χ0v) is 13.9. The molecule has 0 bridgehead atoms. The van der Waals surface area contributed by atoms with E-state index in [0.717, 1.165) is 11.1 Å². The van der Waals surface area contributed by atoms with Crippen LogP contribution in [-0.2, 0) is 0 Å². The number of hydrogen-bond donors (Lipinski definition) is 0. The zero-order chi connectivity index (χ0) is 17.0. The van der Waals surface area contributed by atoms with Gasteiger partial charge in [-0.15, -0.1) is 0 Å². The number of fused-ring (bicyclic) bond motifs is 5. The summed E-state index contributed by atoms with van der Waals surface area (Å²) >= 11 is 0. The van der Waals surface area contributed by atoms with Crippen molar-refractivity contribution in [3.05, 3.63) is 97.1 Å². The predicted molar refractivity (Wildman–Crippen MR) is 107 cm³/mol. The molecular formula is C23H18N2. The first kappa shape index (κ1) is 14.1. The molecule has 2 heterocycles. The summed E-state index contributed by atoms with van der Waals surface area (Å²) in [7, 11) is 0. The summed E-state index contributed by atoms with van der Waals surface area (Å²) in [5.74, 6) is 0. The quantitative estimate of drug-likeness (QED) is 0.573. The predicted octanol–water partition coefficient (Wildman–Crippen LogP) is 5.97. The molecule has 25 heavy (non-hydrogen) atoms. The van der Waals surface area contributed by atoms with Crippen molar-refractivity contribution in [2.45, 2.75) is 6.17 Å². The molecule has 2 nitrogen and oxygen atoms in total. The number of hydrogen-bond acceptors (Lipinski definition) is 2. The van der Waals surface area contributed by atoms with E-state index in [0.29, 0.717) is 0 Å². The minimum atomic E-state index is 0.0786. The Bertz CT molecular complexity index is 1000. The number of nitrogens with zero attached hydrogens (tertiary/aromatic N) is 2. The van der Waals surface area contributed by atoms with Crippen molar-refractivity contribution in [2.24, 2.45) is 0 Å². The molecular weight excluding hydrogens is 304 g/mol. The summed E-state index contributed by atoms with van der Waals surface area (Å²) in [5.41, 5.74) is 8.30. The summed E-state index contributed by atoms with van der Waals surface area (Å²) < 4.78 is 0. The van der Waals surface area contributed by atoms with Crippen molar-refractivity contribution >= 4 is 34.4 Å². The van der Waals surface area contributed by atoms with Crippen molar-refractivity contribution in [3.8, 4) is 0 Å². The number of benzene rings is 3. The molecule has 2 aliphatic heterocycles. The van der Waals surface area contributed by atoms with Gasteiger partial charge in [0.15, 0.2) is 0 Å². The molecule has 0 amide bonds. The standard InChI is InChI=1S/C23H18N2/c1-3-17-13-14-19-16(2)23-24(18-9-5-4-6-10-18)20-11-7-8-12-21(20)25(23)22(19)15-17/h3-15,23H,1-2H2. The van der Waals surface area contributed by atoms with E-state index in [4.69, 9.17) is 0 Å². The summed E-state index contributed by atoms with van der Waals surface area (Å²) in [5, 5.41) is 0. The van der Waals surface area contributed by atoms with E-state index in [1.165, 1.54) is 28.3 Å². The van der Waals surface area contributed by atoms with E-state index in [9.17, 15) is 0 Å². The van der Waals surface area contributed by atoms with E-state index < -0.39 is 0 Å². The minimum absolute atomic E-state index is 0.0786. The average Bonchev–Trinajstić information content (AvgIpc) is 3.16. The lowest BCUT2D eigenvalue weighted by molar-refractivity contribution is 0.880. The second kappa shape index (κ2) is 5.12. The zero-order valence-electron chi connectivity index (χ0n) is 13.9. The molecule has 1 atom stereocenters. The summed E-state index contributed by atoms with van der Waals surface area (Å²) in [6.07, 6.45) is 1.97. The lowest BCUT2D eigenvalue weighted by Crippen LogP contribution is -2.34. The van der Waals surface area contributed by atoms with Gasteiger partial charge in [-0.05, 0) is 41.5 Å². The Balaban J connectivity index is 1.77. The van der Waals surface area contributed by atoms with E-state index in [2.05, 4.69) is 95.8 Å². The molecule has 0 N–H and O–H groups in total. The molecule has 0 aliphatic carbocycles. The van der Waals surface area contributed by atoms with Gasteiger partial charge in [-0.3, -0.25) is 0 Å². The van der Waals surface area contributed by atoms with Crippen LogP contribution in [0.2, 0.25) is 0 Å². The van der Waals surface area contributed by atoms with E-state index in [1.807, 2.05) is 6.08 Å². The maximum atomic E-state index is 4.44. The molecule has 2 heteroatoms. The topological polar surface area (TPSA) is 6.48 Å². The lowest BCUT2D eigenvalue weighted by Gasteiger charge is -2.28. The Morgan fingerprint density at radius 1 is 0.760 bits per heavy atom. The molecule has 0 radical (unpaired) electrons. The van der Waals surface area contributed by atoms with Crippen LogP contribution in [0.15, 0.2) is 86.0 Å². The highest BCUT2D eigenvalue weighted by molar-refractivity contribution is 6.02. The highest BCUT2D eigenvalue weighted by atomic mass is 15.4. The first-order chi connectivity index (χ1) is 12.3. The fraction of sp³-hybridized carbons (Fsp3) is 0.0435. The van der Waals surface area contributed by atoms with Crippen molar-refractivity contribution in [1.82, 2.24) is 0 Å². The number of para-hydroxylation sites is 3. The highest BCUT2D eigenvalue weighted by Crippen LogP contribution is 2.56. The maximum Gasteiger partial charge on any atom is 0.137 e. The van der Waals surface area contributed by atoms with Gasteiger partial charge in [0, 0.05) is 11.3 Å². The van der Waals surface area contributed by atoms with Crippen molar-refractivity contribution < 1.29 is 0 Å². The lowest BCUT2D eigenvalue weighted by atomic mass is 10.0. The summed E-state index contributed by atoms with van der Waals surface area (Å²) in [4.78, 5) is 4.78. The van der Waals surface area contributed by atoms with Crippen LogP contribution in [0.25, 0.3) is 11.6 Å². The van der Waals surface area contributed by atoms with Gasteiger partial charge in [0.2, 0.25) is 0 Å². The van der Waals surface area contributed by atoms with Crippen LogP contribution in [0.4, 0.5) is 22.7 Å². The molecule has 0 fully saturated rings.